The second-order valence-corrected chi connectivity index (χ2v) is 3.79. The topological polar surface area (TPSA) is 46.6 Å². The van der Waals surface area contributed by atoms with Crippen LogP contribution >= 0.6 is 0 Å². The molecule has 0 spiro atoms. The highest BCUT2D eigenvalue weighted by Gasteiger charge is 2.26. The number of nitrogens with zero attached hydrogens (tertiary/aromatic N) is 1. The molecule has 2 heterocycles. The van der Waals surface area contributed by atoms with Crippen molar-refractivity contribution in [2.45, 2.75) is 19.3 Å². The summed E-state index contributed by atoms with van der Waals surface area (Å²) in [5, 5.41) is 0. The van der Waals surface area contributed by atoms with Crippen LogP contribution in [0.1, 0.15) is 19.3 Å². The Morgan fingerprint density at radius 3 is 2.67 bits per heavy atom. The Balaban J connectivity index is 2.11. The molecule has 15 heavy (non-hydrogen) atoms. The van der Waals surface area contributed by atoms with Gasteiger partial charge in [-0.05, 0) is 25.0 Å². The van der Waals surface area contributed by atoms with Gasteiger partial charge in [0.1, 0.15) is 6.42 Å². The fraction of sp³-hybridized carbons (Fsp3) is 0.455. The second kappa shape index (κ2) is 3.88. The van der Waals surface area contributed by atoms with Crippen LogP contribution in [0.15, 0.2) is 23.6 Å². The van der Waals surface area contributed by atoms with E-state index < -0.39 is 5.97 Å². The summed E-state index contributed by atoms with van der Waals surface area (Å²) in [7, 11) is 2.01. The largest absolute Gasteiger partial charge is 0.422 e. The fourth-order valence-electron chi connectivity index (χ4n) is 1.78. The third-order valence-electron chi connectivity index (χ3n) is 2.65. The lowest BCUT2D eigenvalue weighted by Gasteiger charge is -2.11. The lowest BCUT2D eigenvalue weighted by molar-refractivity contribution is -0.135. The Morgan fingerprint density at radius 1 is 1.33 bits per heavy atom. The number of ether oxygens (including phenoxy) is 1. The van der Waals surface area contributed by atoms with E-state index in [2.05, 4.69) is 4.90 Å². The van der Waals surface area contributed by atoms with E-state index in [1.54, 1.807) is 6.08 Å². The van der Waals surface area contributed by atoms with E-state index in [1.165, 1.54) is 5.70 Å². The highest BCUT2D eigenvalue weighted by molar-refractivity contribution is 6.10. The Kier molecular flexibility index (Phi) is 2.58. The molecule has 2 saturated heterocycles. The van der Waals surface area contributed by atoms with Crippen molar-refractivity contribution in [2.75, 3.05) is 13.6 Å². The first-order valence-electron chi connectivity index (χ1n) is 5.02. The first-order valence-corrected chi connectivity index (χ1v) is 5.02. The lowest BCUT2D eigenvalue weighted by Crippen LogP contribution is -2.09. The van der Waals surface area contributed by atoms with Gasteiger partial charge in [-0.2, -0.15) is 0 Å². The third kappa shape index (κ3) is 2.09. The monoisotopic (exact) mass is 207 g/mol. The van der Waals surface area contributed by atoms with Crippen molar-refractivity contribution in [1.82, 2.24) is 4.90 Å². The molecule has 0 amide bonds. The van der Waals surface area contributed by atoms with Crippen molar-refractivity contribution in [3.8, 4) is 0 Å². The van der Waals surface area contributed by atoms with Crippen LogP contribution in [-0.4, -0.2) is 30.2 Å². The molecule has 0 aromatic heterocycles. The molecule has 0 bridgehead atoms. The molecular formula is C11H13NO3. The van der Waals surface area contributed by atoms with Gasteiger partial charge in [0.25, 0.3) is 0 Å². The molecule has 4 heteroatoms. The quantitative estimate of drug-likeness (QED) is 0.365. The van der Waals surface area contributed by atoms with Crippen molar-refractivity contribution in [2.24, 2.45) is 0 Å². The number of hydrogen-bond acceptors (Lipinski definition) is 4. The molecule has 0 aromatic carbocycles. The maximum absolute atomic E-state index is 11.2. The molecule has 2 aliphatic rings. The smallest absolute Gasteiger partial charge is 0.319 e. The van der Waals surface area contributed by atoms with Gasteiger partial charge in [-0.1, -0.05) is 0 Å². The summed E-state index contributed by atoms with van der Waals surface area (Å²) in [5.74, 6) is -0.505. The summed E-state index contributed by atoms with van der Waals surface area (Å²) in [6.45, 7) is 1.04. The first-order chi connectivity index (χ1) is 7.16. The average molecular weight is 207 g/mol. The van der Waals surface area contributed by atoms with E-state index in [0.717, 1.165) is 19.4 Å². The van der Waals surface area contributed by atoms with E-state index >= 15 is 0 Å². The van der Waals surface area contributed by atoms with Crippen molar-refractivity contribution in [1.29, 1.82) is 0 Å². The molecular weight excluding hydrogens is 194 g/mol. The van der Waals surface area contributed by atoms with E-state index in [4.69, 9.17) is 4.74 Å². The Morgan fingerprint density at radius 2 is 2.13 bits per heavy atom. The van der Waals surface area contributed by atoms with Gasteiger partial charge < -0.3 is 9.64 Å². The summed E-state index contributed by atoms with van der Waals surface area (Å²) < 4.78 is 4.78. The predicted octanol–water partition coefficient (Wildman–Crippen LogP) is 0.996. The number of esters is 1. The minimum Gasteiger partial charge on any atom is -0.422 e. The van der Waals surface area contributed by atoms with Gasteiger partial charge in [0.15, 0.2) is 5.76 Å². The summed E-state index contributed by atoms with van der Waals surface area (Å²) in [6.07, 6.45) is 5.50. The van der Waals surface area contributed by atoms with Crippen molar-refractivity contribution >= 4 is 11.8 Å². The van der Waals surface area contributed by atoms with Gasteiger partial charge in [0.2, 0.25) is 5.78 Å². The van der Waals surface area contributed by atoms with E-state index in [9.17, 15) is 9.59 Å². The van der Waals surface area contributed by atoms with Crippen LogP contribution in [0.4, 0.5) is 0 Å². The van der Waals surface area contributed by atoms with E-state index in [1.807, 2.05) is 13.1 Å². The minimum atomic E-state index is -0.454. The van der Waals surface area contributed by atoms with Crippen LogP contribution in [0.3, 0.4) is 0 Å². The molecule has 0 atom stereocenters. The molecule has 2 rings (SSSR count). The van der Waals surface area contributed by atoms with Gasteiger partial charge in [0.05, 0.1) is 0 Å². The molecule has 0 unspecified atom stereocenters. The molecule has 0 aromatic rings. The minimum absolute atomic E-state index is 0.120. The van der Waals surface area contributed by atoms with Gasteiger partial charge in [-0.3, -0.25) is 9.59 Å². The Bertz CT molecular complexity index is 368. The van der Waals surface area contributed by atoms with Crippen LogP contribution in [0, 0.1) is 0 Å². The molecule has 0 radical (unpaired) electrons. The SMILES string of the molecule is CN1CCC/C1=C\C=C1\OC(=O)CC1=O. The number of hydrogen-bond donors (Lipinski definition) is 0. The highest BCUT2D eigenvalue weighted by atomic mass is 16.5. The average Bonchev–Trinajstić information content (AvgIpc) is 2.70. The predicted molar refractivity (Wildman–Crippen MR) is 53.7 cm³/mol. The number of likely N-dealkylation sites (tertiary alicyclic amines) is 1. The number of rotatable bonds is 1. The summed E-state index contributed by atoms with van der Waals surface area (Å²) in [6, 6.07) is 0. The number of carbonyl (C=O) groups is 2. The zero-order valence-corrected chi connectivity index (χ0v) is 8.66. The zero-order valence-electron chi connectivity index (χ0n) is 8.66. The first kappa shape index (κ1) is 9.96. The molecule has 80 valence electrons. The van der Waals surface area contributed by atoms with Gasteiger partial charge >= 0.3 is 5.97 Å². The fourth-order valence-corrected chi connectivity index (χ4v) is 1.78. The lowest BCUT2D eigenvalue weighted by atomic mass is 10.2. The molecule has 0 saturated carbocycles. The second-order valence-electron chi connectivity index (χ2n) is 3.79. The Hall–Kier alpha value is -1.58. The van der Waals surface area contributed by atoms with Crippen LogP contribution in [0.25, 0.3) is 0 Å². The number of ketones is 1. The number of cyclic esters (lactones) is 1. The van der Waals surface area contributed by atoms with Crippen molar-refractivity contribution in [3.63, 3.8) is 0 Å². The Labute approximate surface area is 88.2 Å². The summed E-state index contributed by atoms with van der Waals surface area (Å²) >= 11 is 0. The van der Waals surface area contributed by atoms with E-state index in [0.29, 0.717) is 0 Å². The summed E-state index contributed by atoms with van der Waals surface area (Å²) in [5.41, 5.74) is 1.18. The normalized spacial score (nSPS) is 26.9. The molecule has 2 fully saturated rings. The molecule has 0 N–H and O–H groups in total. The van der Waals surface area contributed by atoms with Crippen LogP contribution in [0.2, 0.25) is 0 Å². The zero-order chi connectivity index (χ0) is 10.8. The van der Waals surface area contributed by atoms with Crippen LogP contribution in [-0.2, 0) is 14.3 Å². The number of allylic oxidation sites excluding steroid dienone is 4. The van der Waals surface area contributed by atoms with E-state index in [-0.39, 0.29) is 18.0 Å². The molecule has 2 aliphatic heterocycles. The third-order valence-corrected chi connectivity index (χ3v) is 2.65. The molecule has 0 aliphatic carbocycles. The maximum Gasteiger partial charge on any atom is 0.319 e. The van der Waals surface area contributed by atoms with Crippen molar-refractivity contribution in [3.05, 3.63) is 23.6 Å². The highest BCUT2D eigenvalue weighted by Crippen LogP contribution is 2.20. The van der Waals surface area contributed by atoms with Gasteiger partial charge in [-0.15, -0.1) is 0 Å². The van der Waals surface area contributed by atoms with Crippen LogP contribution < -0.4 is 0 Å². The number of carbonyl (C=O) groups excluding carboxylic acids is 2. The molecule has 4 nitrogen and oxygen atoms in total. The number of Topliss-reactive ketones (excluding diaryl/α,β-unsaturated/α-hetero) is 1. The van der Waals surface area contributed by atoms with Crippen LogP contribution in [0.5, 0.6) is 0 Å². The maximum atomic E-state index is 11.2. The van der Waals surface area contributed by atoms with Gasteiger partial charge in [-0.25, -0.2) is 0 Å². The standard InChI is InChI=1S/C11H13NO3/c1-12-6-2-3-8(12)4-5-10-9(13)7-11(14)15-10/h4-5H,2-3,6-7H2,1H3/b8-4+,10-5+. The van der Waals surface area contributed by atoms with Gasteiger partial charge in [0, 0.05) is 19.3 Å². The van der Waals surface area contributed by atoms with Crippen molar-refractivity contribution < 1.29 is 14.3 Å². The summed E-state index contributed by atoms with van der Waals surface area (Å²) in [4.78, 5) is 24.2.